The molecule has 3 aromatic carbocycles. The third-order valence-electron chi connectivity index (χ3n) is 11.0. The SMILES string of the molecule is COC(=O)N[C@H](C(=O)N1CCC[C@H]1c1nc2ccc(-c3cccc(-c4ccc5nc([C@@H]6CCCN6C(=O)[C@@H](NC(=O)OC)C(C)C)[nH]c5c4)c3)cc2[nH]1)C(C)C. The van der Waals surface area contributed by atoms with Gasteiger partial charge in [-0.1, -0.05) is 58.0 Å². The maximum absolute atomic E-state index is 13.7. The zero-order chi connectivity index (χ0) is 39.7. The Bertz CT molecular complexity index is 2110. The molecule has 0 unspecified atom stereocenters. The lowest BCUT2D eigenvalue weighted by molar-refractivity contribution is -0.136. The van der Waals surface area contributed by atoms with Crippen molar-refractivity contribution < 1.29 is 28.7 Å². The van der Waals surface area contributed by atoms with Crippen molar-refractivity contribution in [3.63, 3.8) is 0 Å². The Balaban J connectivity index is 1.10. The van der Waals surface area contributed by atoms with Gasteiger partial charge in [0.2, 0.25) is 11.8 Å². The zero-order valence-corrected chi connectivity index (χ0v) is 32.7. The van der Waals surface area contributed by atoms with Gasteiger partial charge in [-0.25, -0.2) is 19.6 Å². The lowest BCUT2D eigenvalue weighted by atomic mass is 9.98. The smallest absolute Gasteiger partial charge is 0.407 e. The van der Waals surface area contributed by atoms with E-state index in [1.54, 1.807) is 0 Å². The number of aromatic nitrogens is 4. The van der Waals surface area contributed by atoms with Crippen molar-refractivity contribution in [2.24, 2.45) is 11.8 Å². The van der Waals surface area contributed by atoms with Crippen molar-refractivity contribution in [1.29, 1.82) is 0 Å². The second-order valence-corrected chi connectivity index (χ2v) is 15.4. The van der Waals surface area contributed by atoms with Gasteiger partial charge in [-0.3, -0.25) is 9.59 Å². The maximum atomic E-state index is 13.7. The van der Waals surface area contributed by atoms with Crippen molar-refractivity contribution in [2.75, 3.05) is 27.3 Å². The fourth-order valence-corrected chi connectivity index (χ4v) is 8.00. The zero-order valence-electron chi connectivity index (χ0n) is 32.7. The van der Waals surface area contributed by atoms with Crippen LogP contribution in [0.1, 0.15) is 77.1 Å². The Labute approximate surface area is 325 Å². The molecule has 56 heavy (non-hydrogen) atoms. The van der Waals surface area contributed by atoms with E-state index in [1.165, 1.54) is 14.2 Å². The predicted molar refractivity (Wildman–Crippen MR) is 212 cm³/mol. The van der Waals surface area contributed by atoms with Gasteiger partial charge in [0.15, 0.2) is 0 Å². The highest BCUT2D eigenvalue weighted by molar-refractivity contribution is 5.89. The topological polar surface area (TPSA) is 175 Å². The summed E-state index contributed by atoms with van der Waals surface area (Å²) < 4.78 is 9.55. The molecular formula is C42H50N8O6. The summed E-state index contributed by atoms with van der Waals surface area (Å²) in [6, 6.07) is 18.8. The third-order valence-corrected chi connectivity index (χ3v) is 11.0. The molecule has 7 rings (SSSR count). The van der Waals surface area contributed by atoms with Gasteiger partial charge in [0.1, 0.15) is 23.7 Å². The molecular weight excluding hydrogens is 713 g/mol. The first-order valence-electron chi connectivity index (χ1n) is 19.4. The van der Waals surface area contributed by atoms with Crippen LogP contribution in [0.5, 0.6) is 0 Å². The Morgan fingerprint density at radius 2 is 1.05 bits per heavy atom. The molecule has 4 N–H and O–H groups in total. The highest BCUT2D eigenvalue weighted by atomic mass is 16.5. The number of rotatable bonds is 10. The monoisotopic (exact) mass is 762 g/mol. The molecule has 2 fully saturated rings. The standard InChI is InChI=1S/C42H50N8O6/c1-23(2)35(47-41(53)55-5)39(51)49-18-8-12-33(49)37-43-29-16-14-27(21-31(29)45-37)25-10-7-11-26(20-25)28-15-17-30-32(22-28)46-38(44-30)34-13-9-19-50(34)40(52)36(24(3)4)48-42(54)56-6/h7,10-11,14-17,20-24,33-36H,8-9,12-13,18-19H2,1-6H3,(H,43,45)(H,44,46)(H,47,53)(H,48,54)/t33-,34-,35-,36-/m0/s1. The van der Waals surface area contributed by atoms with Crippen LogP contribution < -0.4 is 10.6 Å². The number of methoxy groups -OCH3 is 2. The summed E-state index contributed by atoms with van der Waals surface area (Å²) in [6.07, 6.45) is 1.98. The van der Waals surface area contributed by atoms with Gasteiger partial charge in [0, 0.05) is 13.1 Å². The normalized spacial score (nSPS) is 18.1. The van der Waals surface area contributed by atoms with Crippen LogP contribution in [0.3, 0.4) is 0 Å². The van der Waals surface area contributed by atoms with E-state index in [4.69, 9.17) is 19.4 Å². The fourth-order valence-electron chi connectivity index (χ4n) is 8.00. The van der Waals surface area contributed by atoms with E-state index in [1.807, 2.05) is 55.7 Å². The number of benzene rings is 3. The first-order valence-corrected chi connectivity index (χ1v) is 19.4. The number of carbonyl (C=O) groups is 4. The number of nitrogens with zero attached hydrogens (tertiary/aromatic N) is 4. The number of imidazole rings is 2. The molecule has 0 spiro atoms. The second-order valence-electron chi connectivity index (χ2n) is 15.4. The average Bonchev–Trinajstić information content (AvgIpc) is 4.03. The summed E-state index contributed by atoms with van der Waals surface area (Å²) in [6.45, 7) is 8.79. The van der Waals surface area contributed by atoms with Crippen LogP contribution in [0.2, 0.25) is 0 Å². The third kappa shape index (κ3) is 7.64. The van der Waals surface area contributed by atoms with Crippen molar-refractivity contribution >= 4 is 46.1 Å². The highest BCUT2D eigenvalue weighted by Gasteiger charge is 2.39. The largest absolute Gasteiger partial charge is 0.453 e. The van der Waals surface area contributed by atoms with Crippen LogP contribution in [0.15, 0.2) is 60.7 Å². The number of carbonyl (C=O) groups excluding carboxylic acids is 4. The molecule has 0 aliphatic carbocycles. The molecule has 2 saturated heterocycles. The van der Waals surface area contributed by atoms with Gasteiger partial charge in [0.25, 0.3) is 0 Å². The lowest BCUT2D eigenvalue weighted by Crippen LogP contribution is -2.51. The lowest BCUT2D eigenvalue weighted by Gasteiger charge is -2.29. The first kappa shape index (κ1) is 38.4. The van der Waals surface area contributed by atoms with Crippen LogP contribution >= 0.6 is 0 Å². The van der Waals surface area contributed by atoms with Gasteiger partial charge >= 0.3 is 12.2 Å². The van der Waals surface area contributed by atoms with Gasteiger partial charge in [-0.05, 0) is 90.1 Å². The van der Waals surface area contributed by atoms with Gasteiger partial charge in [0.05, 0.1) is 48.4 Å². The first-order chi connectivity index (χ1) is 26.9. The Morgan fingerprint density at radius 3 is 1.45 bits per heavy atom. The summed E-state index contributed by atoms with van der Waals surface area (Å²) in [5.41, 5.74) is 7.51. The van der Waals surface area contributed by atoms with E-state index in [0.29, 0.717) is 13.1 Å². The Hall–Kier alpha value is -5.92. The molecule has 5 aromatic rings. The number of ether oxygens (including phenoxy) is 2. The number of likely N-dealkylation sites (tertiary alicyclic amines) is 2. The quantitative estimate of drug-likeness (QED) is 0.119. The number of aromatic amines is 2. The number of fused-ring (bicyclic) bond motifs is 2. The predicted octanol–water partition coefficient (Wildman–Crippen LogP) is 6.86. The van der Waals surface area contributed by atoms with Crippen LogP contribution in [-0.2, 0) is 19.1 Å². The van der Waals surface area contributed by atoms with E-state index in [2.05, 4.69) is 63.1 Å². The van der Waals surface area contributed by atoms with Crippen LogP contribution in [0.25, 0.3) is 44.3 Å². The number of hydrogen-bond acceptors (Lipinski definition) is 8. The number of alkyl carbamates (subject to hydrolysis) is 2. The summed E-state index contributed by atoms with van der Waals surface area (Å²) in [4.78, 5) is 71.8. The minimum atomic E-state index is -0.698. The summed E-state index contributed by atoms with van der Waals surface area (Å²) in [5, 5.41) is 5.42. The van der Waals surface area contributed by atoms with Crippen LogP contribution in [-0.4, -0.2) is 93.1 Å². The summed E-state index contributed by atoms with van der Waals surface area (Å²) >= 11 is 0. The highest BCUT2D eigenvalue weighted by Crippen LogP contribution is 2.36. The molecule has 0 saturated carbocycles. The van der Waals surface area contributed by atoms with E-state index in [9.17, 15) is 19.2 Å². The van der Waals surface area contributed by atoms with Crippen molar-refractivity contribution in [3.05, 3.63) is 72.3 Å². The molecule has 4 amide bonds. The minimum Gasteiger partial charge on any atom is -0.453 e. The van der Waals surface area contributed by atoms with Crippen molar-refractivity contribution in [1.82, 2.24) is 40.4 Å². The summed E-state index contributed by atoms with van der Waals surface area (Å²) in [5.74, 6) is 0.946. The number of nitrogens with one attached hydrogen (secondary N) is 4. The average molecular weight is 763 g/mol. The van der Waals surface area contributed by atoms with E-state index < -0.39 is 24.3 Å². The van der Waals surface area contributed by atoms with Gasteiger partial charge < -0.3 is 39.9 Å². The van der Waals surface area contributed by atoms with Crippen molar-refractivity contribution in [3.8, 4) is 22.3 Å². The molecule has 0 bridgehead atoms. The number of H-pyrrole nitrogens is 2. The number of amides is 4. The van der Waals surface area contributed by atoms with Crippen LogP contribution in [0.4, 0.5) is 9.59 Å². The second kappa shape index (κ2) is 16.0. The Morgan fingerprint density at radius 1 is 0.643 bits per heavy atom. The maximum Gasteiger partial charge on any atom is 0.407 e. The van der Waals surface area contributed by atoms with Gasteiger partial charge in [-0.15, -0.1) is 0 Å². The van der Waals surface area contributed by atoms with E-state index in [0.717, 1.165) is 81.7 Å². The molecule has 2 aliphatic heterocycles. The van der Waals surface area contributed by atoms with Crippen LogP contribution in [0, 0.1) is 11.8 Å². The summed E-state index contributed by atoms with van der Waals surface area (Å²) in [7, 11) is 2.58. The fraction of sp³-hybridized carbons (Fsp3) is 0.429. The molecule has 0 radical (unpaired) electrons. The van der Waals surface area contributed by atoms with Gasteiger partial charge in [-0.2, -0.15) is 0 Å². The van der Waals surface area contributed by atoms with Crippen molar-refractivity contribution in [2.45, 2.75) is 77.5 Å². The number of hydrogen-bond donors (Lipinski definition) is 4. The minimum absolute atomic E-state index is 0.113. The molecule has 2 aliphatic rings. The van der Waals surface area contributed by atoms with E-state index in [-0.39, 0.29) is 35.7 Å². The molecule has 294 valence electrons. The van der Waals surface area contributed by atoms with E-state index >= 15 is 0 Å². The molecule has 14 heteroatoms. The molecule has 2 aromatic heterocycles. The molecule has 14 nitrogen and oxygen atoms in total. The molecule has 4 atom stereocenters. The Kier molecular flexibility index (Phi) is 11.0. The molecule has 4 heterocycles.